The van der Waals surface area contributed by atoms with Crippen LogP contribution < -0.4 is 5.32 Å². The van der Waals surface area contributed by atoms with E-state index in [0.29, 0.717) is 19.3 Å². The second-order valence-corrected chi connectivity index (χ2v) is 18.0. The van der Waals surface area contributed by atoms with Crippen molar-refractivity contribution in [2.75, 3.05) is 32.8 Å². The molecule has 0 radical (unpaired) electrons. The molecule has 0 aliphatic carbocycles. The molecule has 0 fully saturated rings. The number of hydrogen-bond donors (Lipinski definition) is 4. The number of unbranched alkanes of at least 4 members (excludes halogenated alkanes) is 23. The van der Waals surface area contributed by atoms with E-state index in [1.165, 1.54) is 77.0 Å². The smallest absolute Gasteiger partial charge is 0.320 e. The summed E-state index contributed by atoms with van der Waals surface area (Å²) >= 11 is 0. The second-order valence-electron chi connectivity index (χ2n) is 18.0. The van der Waals surface area contributed by atoms with Crippen molar-refractivity contribution in [3.63, 3.8) is 0 Å². The molecule has 15 heteroatoms. The molecule has 1 amide bonds. The van der Waals surface area contributed by atoms with Gasteiger partial charge in [0.1, 0.15) is 19.3 Å². The Kier molecular flexibility index (Phi) is 43.5. The quantitative estimate of drug-likeness (QED) is 0.0193. The van der Waals surface area contributed by atoms with Gasteiger partial charge in [-0.25, -0.2) is 0 Å². The summed E-state index contributed by atoms with van der Waals surface area (Å²) < 4.78 is 16.4. The van der Waals surface area contributed by atoms with Gasteiger partial charge in [-0.3, -0.25) is 38.5 Å². The molecule has 392 valence electrons. The van der Waals surface area contributed by atoms with Crippen LogP contribution in [-0.2, 0) is 47.8 Å². The summed E-state index contributed by atoms with van der Waals surface area (Å²) in [6.07, 6.45) is 38.3. The lowest BCUT2D eigenvalue weighted by molar-refractivity contribution is -0.167. The molecular formula is C53H92N2O13. The number of ether oxygens (including phenoxy) is 3. The number of carbonyl (C=O) groups excluding carboxylic acids is 4. The van der Waals surface area contributed by atoms with Gasteiger partial charge >= 0.3 is 35.8 Å². The van der Waals surface area contributed by atoms with E-state index in [4.69, 9.17) is 24.4 Å². The van der Waals surface area contributed by atoms with E-state index in [9.17, 15) is 38.7 Å². The van der Waals surface area contributed by atoms with Crippen molar-refractivity contribution in [3.05, 3.63) is 24.3 Å². The minimum atomic E-state index is -1.35. The maximum Gasteiger partial charge on any atom is 0.320 e. The molecule has 0 aromatic rings. The van der Waals surface area contributed by atoms with Gasteiger partial charge in [-0.05, 0) is 83.5 Å². The van der Waals surface area contributed by atoms with Crippen molar-refractivity contribution < 1.29 is 63.1 Å². The Morgan fingerprint density at radius 3 is 1.29 bits per heavy atom. The van der Waals surface area contributed by atoms with Gasteiger partial charge in [0.15, 0.2) is 6.10 Å². The fourth-order valence-corrected chi connectivity index (χ4v) is 7.64. The number of nitrogens with zero attached hydrogens (tertiary/aromatic N) is 1. The number of carbonyl (C=O) groups is 7. The maximum absolute atomic E-state index is 12.8. The SMILES string of the molecule is CCCCCCCC/C=C\CCCCCCCC(=O)OCC(COC(=O)CCC(=O)NCCCCC(C(=O)O)N(CC(=O)O)CC(=O)O)OC(=O)CCCCCCC/C=C\CCCCCCCC. The monoisotopic (exact) mass is 965 g/mol. The molecule has 2 unspecified atom stereocenters. The zero-order valence-corrected chi connectivity index (χ0v) is 42.2. The minimum Gasteiger partial charge on any atom is -0.480 e. The van der Waals surface area contributed by atoms with Crippen molar-refractivity contribution in [1.82, 2.24) is 10.2 Å². The van der Waals surface area contributed by atoms with Gasteiger partial charge in [-0.2, -0.15) is 0 Å². The van der Waals surface area contributed by atoms with Gasteiger partial charge in [0.05, 0.1) is 19.5 Å². The van der Waals surface area contributed by atoms with Gasteiger partial charge < -0.3 is 34.8 Å². The molecular weight excluding hydrogens is 873 g/mol. The Balaban J connectivity index is 4.74. The standard InChI is InChI=1S/C53H92N2O13/c1-3-5-7-9-11-13-15-17-19-21-23-25-27-29-31-36-50(61)66-43-45(68-52(63)37-32-30-28-26-24-22-20-18-16-14-12-10-8-6-4-2)44-67-51(62)39-38-47(56)54-40-34-33-35-46(53(64)65)55(41-48(57)58)42-49(59)60/h17-20,45-46H,3-16,21-44H2,1-2H3,(H,54,56)(H,57,58)(H,59,60)(H,64,65)/b19-17-,20-18-. The van der Waals surface area contributed by atoms with E-state index in [0.717, 1.165) is 81.9 Å². The number of amides is 1. The zero-order chi connectivity index (χ0) is 50.3. The van der Waals surface area contributed by atoms with Crippen LogP contribution in [-0.4, -0.2) is 107 Å². The molecule has 0 spiro atoms. The number of carboxylic acids is 3. The van der Waals surface area contributed by atoms with Crippen molar-refractivity contribution in [2.24, 2.45) is 0 Å². The number of rotatable bonds is 49. The van der Waals surface area contributed by atoms with E-state index in [1.807, 2.05) is 0 Å². The van der Waals surface area contributed by atoms with Crippen LogP contribution in [0.3, 0.4) is 0 Å². The van der Waals surface area contributed by atoms with Gasteiger partial charge in [0.2, 0.25) is 5.91 Å². The van der Waals surface area contributed by atoms with Crippen LogP contribution >= 0.6 is 0 Å². The third-order valence-corrected chi connectivity index (χ3v) is 11.6. The van der Waals surface area contributed by atoms with Crippen LogP contribution in [0.2, 0.25) is 0 Å². The summed E-state index contributed by atoms with van der Waals surface area (Å²) in [4.78, 5) is 85.3. The molecule has 0 bridgehead atoms. The minimum absolute atomic E-state index is 0.0334. The maximum atomic E-state index is 12.8. The summed E-state index contributed by atoms with van der Waals surface area (Å²) in [6, 6.07) is -1.33. The lowest BCUT2D eigenvalue weighted by Gasteiger charge is -2.25. The third kappa shape index (κ3) is 43.0. The summed E-state index contributed by atoms with van der Waals surface area (Å²) in [5.74, 6) is -6.11. The summed E-state index contributed by atoms with van der Waals surface area (Å²) in [7, 11) is 0. The highest BCUT2D eigenvalue weighted by atomic mass is 16.6. The van der Waals surface area contributed by atoms with Gasteiger partial charge in [-0.1, -0.05) is 141 Å². The van der Waals surface area contributed by atoms with Crippen molar-refractivity contribution in [3.8, 4) is 0 Å². The van der Waals surface area contributed by atoms with Crippen molar-refractivity contribution >= 4 is 41.7 Å². The summed E-state index contributed by atoms with van der Waals surface area (Å²) in [5, 5.41) is 30.3. The number of allylic oxidation sites excluding steroid dienone is 4. The molecule has 0 saturated carbocycles. The molecule has 0 aromatic carbocycles. The van der Waals surface area contributed by atoms with Gasteiger partial charge in [0, 0.05) is 25.8 Å². The normalized spacial score (nSPS) is 12.3. The highest BCUT2D eigenvalue weighted by molar-refractivity contribution is 5.81. The highest BCUT2D eigenvalue weighted by Crippen LogP contribution is 2.14. The second kappa shape index (κ2) is 46.5. The van der Waals surface area contributed by atoms with E-state index >= 15 is 0 Å². The molecule has 15 nitrogen and oxygen atoms in total. The Hall–Kier alpha value is -4.27. The topological polar surface area (TPSA) is 223 Å². The first kappa shape index (κ1) is 63.7. The number of hydrogen-bond acceptors (Lipinski definition) is 11. The van der Waals surface area contributed by atoms with Crippen LogP contribution in [0.15, 0.2) is 24.3 Å². The zero-order valence-electron chi connectivity index (χ0n) is 42.2. The highest BCUT2D eigenvalue weighted by Gasteiger charge is 2.28. The first-order chi connectivity index (χ1) is 32.9. The molecule has 0 rings (SSSR count). The van der Waals surface area contributed by atoms with Crippen LogP contribution in [0.25, 0.3) is 0 Å². The Labute approximate surface area is 409 Å². The van der Waals surface area contributed by atoms with Crippen LogP contribution in [0.4, 0.5) is 0 Å². The molecule has 2 atom stereocenters. The average molecular weight is 965 g/mol. The molecule has 0 aliphatic rings. The van der Waals surface area contributed by atoms with E-state index in [2.05, 4.69) is 43.5 Å². The van der Waals surface area contributed by atoms with Crippen molar-refractivity contribution in [1.29, 1.82) is 0 Å². The van der Waals surface area contributed by atoms with Crippen molar-refractivity contribution in [2.45, 2.75) is 238 Å². The fraction of sp³-hybridized carbons (Fsp3) is 0.792. The molecule has 0 aromatic heterocycles. The third-order valence-electron chi connectivity index (χ3n) is 11.6. The summed E-state index contributed by atoms with van der Waals surface area (Å²) in [5.41, 5.74) is 0. The van der Waals surface area contributed by atoms with Crippen LogP contribution in [0, 0.1) is 0 Å². The predicted molar refractivity (Wildman–Crippen MR) is 265 cm³/mol. The fourth-order valence-electron chi connectivity index (χ4n) is 7.64. The Morgan fingerprint density at radius 2 is 0.868 bits per heavy atom. The molecule has 0 saturated heterocycles. The summed E-state index contributed by atoms with van der Waals surface area (Å²) in [6.45, 7) is 2.51. The molecule has 0 heterocycles. The van der Waals surface area contributed by atoms with Gasteiger partial charge in [0.25, 0.3) is 0 Å². The Bertz CT molecular complexity index is 1390. The molecule has 68 heavy (non-hydrogen) atoms. The largest absolute Gasteiger partial charge is 0.480 e. The number of nitrogens with one attached hydrogen (secondary N) is 1. The van der Waals surface area contributed by atoms with Crippen LogP contribution in [0.5, 0.6) is 0 Å². The predicted octanol–water partition coefficient (Wildman–Crippen LogP) is 11.1. The number of esters is 3. The molecule has 4 N–H and O–H groups in total. The number of carboxylic acid groups (broad SMARTS) is 3. The first-order valence-electron chi connectivity index (χ1n) is 26.4. The van der Waals surface area contributed by atoms with E-state index in [-0.39, 0.29) is 58.3 Å². The lowest BCUT2D eigenvalue weighted by Crippen LogP contribution is -2.46. The number of aliphatic carboxylic acids is 3. The lowest BCUT2D eigenvalue weighted by atomic mass is 10.1. The molecule has 0 aliphatic heterocycles. The average Bonchev–Trinajstić information content (AvgIpc) is 3.29. The van der Waals surface area contributed by atoms with Crippen LogP contribution in [0.1, 0.15) is 226 Å². The first-order valence-corrected chi connectivity index (χ1v) is 26.4. The van der Waals surface area contributed by atoms with Gasteiger partial charge in [-0.15, -0.1) is 0 Å². The van der Waals surface area contributed by atoms with E-state index in [1.54, 1.807) is 0 Å². The Morgan fingerprint density at radius 1 is 0.471 bits per heavy atom. The van der Waals surface area contributed by atoms with E-state index < -0.39 is 67.0 Å².